The molecule has 2 aromatic rings. The fraction of sp³-hybridized carbons (Fsp3) is 0.200. The average Bonchev–Trinajstić information content (AvgIpc) is 2.73. The SMILES string of the molecule is Cn1cnnc1CNS(=O)(=O)c1ccccc1O. The van der Waals surface area contributed by atoms with E-state index in [1.54, 1.807) is 17.7 Å². The summed E-state index contributed by atoms with van der Waals surface area (Å²) in [6.07, 6.45) is 1.48. The van der Waals surface area contributed by atoms with Crippen LogP contribution in [0.1, 0.15) is 5.82 Å². The fourth-order valence-corrected chi connectivity index (χ4v) is 2.46. The molecule has 0 aliphatic carbocycles. The molecule has 2 N–H and O–H groups in total. The predicted octanol–water partition coefficient (Wildman–Crippen LogP) is -0.000800. The number of aromatic hydroxyl groups is 1. The van der Waals surface area contributed by atoms with Crippen LogP contribution in [0.2, 0.25) is 0 Å². The maximum absolute atomic E-state index is 11.9. The van der Waals surface area contributed by atoms with Gasteiger partial charge in [0.1, 0.15) is 22.8 Å². The minimum Gasteiger partial charge on any atom is -0.507 e. The quantitative estimate of drug-likeness (QED) is 0.813. The van der Waals surface area contributed by atoms with Gasteiger partial charge in [0.15, 0.2) is 0 Å². The lowest BCUT2D eigenvalue weighted by Gasteiger charge is -2.07. The van der Waals surface area contributed by atoms with Crippen LogP contribution in [0.15, 0.2) is 35.5 Å². The van der Waals surface area contributed by atoms with Crippen LogP contribution >= 0.6 is 0 Å². The van der Waals surface area contributed by atoms with E-state index in [-0.39, 0.29) is 17.2 Å². The molecular formula is C10H12N4O3S. The van der Waals surface area contributed by atoms with Crippen molar-refractivity contribution >= 4 is 10.0 Å². The first-order valence-electron chi connectivity index (χ1n) is 5.11. The third-order valence-electron chi connectivity index (χ3n) is 2.38. The second-order valence-corrected chi connectivity index (χ2v) is 5.39. The lowest BCUT2D eigenvalue weighted by molar-refractivity contribution is 0.458. The lowest BCUT2D eigenvalue weighted by atomic mass is 10.3. The number of phenols is 1. The zero-order valence-electron chi connectivity index (χ0n) is 9.61. The van der Waals surface area contributed by atoms with Gasteiger partial charge in [0.2, 0.25) is 10.0 Å². The number of sulfonamides is 1. The fourth-order valence-electron chi connectivity index (χ4n) is 1.39. The summed E-state index contributed by atoms with van der Waals surface area (Å²) in [5.41, 5.74) is 0. The van der Waals surface area contributed by atoms with E-state index >= 15 is 0 Å². The van der Waals surface area contributed by atoms with Crippen LogP contribution in [-0.2, 0) is 23.6 Å². The van der Waals surface area contributed by atoms with Crippen LogP contribution in [-0.4, -0.2) is 28.3 Å². The van der Waals surface area contributed by atoms with Gasteiger partial charge in [0, 0.05) is 7.05 Å². The molecule has 0 fully saturated rings. The summed E-state index contributed by atoms with van der Waals surface area (Å²) in [5, 5.41) is 16.9. The molecule has 0 aliphatic rings. The van der Waals surface area contributed by atoms with Crippen molar-refractivity contribution in [2.75, 3.05) is 0 Å². The molecule has 0 saturated heterocycles. The third-order valence-corrected chi connectivity index (χ3v) is 3.83. The summed E-state index contributed by atoms with van der Waals surface area (Å²) in [5.74, 6) is 0.192. The Bertz CT molecular complexity index is 651. The van der Waals surface area contributed by atoms with Crippen LogP contribution < -0.4 is 4.72 Å². The van der Waals surface area contributed by atoms with Gasteiger partial charge in [-0.3, -0.25) is 0 Å². The number of aromatic nitrogens is 3. The highest BCUT2D eigenvalue weighted by Crippen LogP contribution is 2.21. The van der Waals surface area contributed by atoms with Gasteiger partial charge in [-0.1, -0.05) is 12.1 Å². The topological polar surface area (TPSA) is 97.1 Å². The number of phenolic OH excluding ortho intramolecular Hbond substituents is 1. The molecule has 1 heterocycles. The molecule has 0 amide bonds. The second-order valence-electron chi connectivity index (χ2n) is 3.65. The molecule has 8 heteroatoms. The number of hydrogen-bond acceptors (Lipinski definition) is 5. The van der Waals surface area contributed by atoms with Gasteiger partial charge in [0.25, 0.3) is 0 Å². The summed E-state index contributed by atoms with van der Waals surface area (Å²) in [7, 11) is -2.05. The molecule has 7 nitrogen and oxygen atoms in total. The van der Waals surface area contributed by atoms with Crippen molar-refractivity contribution in [1.29, 1.82) is 0 Å². The van der Waals surface area contributed by atoms with Gasteiger partial charge in [-0.15, -0.1) is 10.2 Å². The Morgan fingerprint density at radius 2 is 2.11 bits per heavy atom. The van der Waals surface area contributed by atoms with Crippen LogP contribution in [0.25, 0.3) is 0 Å². The zero-order valence-corrected chi connectivity index (χ0v) is 10.4. The first-order valence-corrected chi connectivity index (χ1v) is 6.59. The molecule has 0 aliphatic heterocycles. The Morgan fingerprint density at radius 3 is 2.72 bits per heavy atom. The Hall–Kier alpha value is -1.93. The van der Waals surface area contributed by atoms with Crippen molar-refractivity contribution in [1.82, 2.24) is 19.5 Å². The second kappa shape index (κ2) is 4.75. The van der Waals surface area contributed by atoms with Gasteiger partial charge < -0.3 is 9.67 Å². The standard InChI is InChI=1S/C10H12N4O3S/c1-14-7-11-13-10(14)6-12-18(16,17)9-5-3-2-4-8(9)15/h2-5,7,12,15H,6H2,1H3. The van der Waals surface area contributed by atoms with Crippen molar-refractivity contribution in [2.45, 2.75) is 11.4 Å². The van der Waals surface area contributed by atoms with E-state index in [2.05, 4.69) is 14.9 Å². The van der Waals surface area contributed by atoms with Gasteiger partial charge in [-0.25, -0.2) is 13.1 Å². The lowest BCUT2D eigenvalue weighted by Crippen LogP contribution is -2.24. The van der Waals surface area contributed by atoms with E-state index in [9.17, 15) is 13.5 Å². The van der Waals surface area contributed by atoms with Crippen molar-refractivity contribution in [3.63, 3.8) is 0 Å². The van der Waals surface area contributed by atoms with Gasteiger partial charge in [-0.2, -0.15) is 0 Å². The molecule has 96 valence electrons. The van der Waals surface area contributed by atoms with Crippen LogP contribution in [0, 0.1) is 0 Å². The Morgan fingerprint density at radius 1 is 1.39 bits per heavy atom. The van der Waals surface area contributed by atoms with E-state index in [1.807, 2.05) is 0 Å². The number of nitrogens with zero attached hydrogens (tertiary/aromatic N) is 3. The summed E-state index contributed by atoms with van der Waals surface area (Å²) in [6, 6.07) is 5.73. The largest absolute Gasteiger partial charge is 0.507 e. The molecule has 0 bridgehead atoms. The number of aryl methyl sites for hydroxylation is 1. The van der Waals surface area contributed by atoms with Gasteiger partial charge >= 0.3 is 0 Å². The monoisotopic (exact) mass is 268 g/mol. The van der Waals surface area contributed by atoms with Gasteiger partial charge in [0.05, 0.1) is 6.54 Å². The molecular weight excluding hydrogens is 256 g/mol. The highest BCUT2D eigenvalue weighted by molar-refractivity contribution is 7.89. The first kappa shape index (κ1) is 12.5. The minimum atomic E-state index is -3.76. The maximum Gasteiger partial charge on any atom is 0.244 e. The smallest absolute Gasteiger partial charge is 0.244 e. The molecule has 2 rings (SSSR count). The molecule has 0 spiro atoms. The van der Waals surface area contributed by atoms with Crippen LogP contribution in [0.5, 0.6) is 5.75 Å². The van der Waals surface area contributed by atoms with Crippen molar-refractivity contribution in [3.8, 4) is 5.75 Å². The van der Waals surface area contributed by atoms with Crippen LogP contribution in [0.3, 0.4) is 0 Å². The average molecular weight is 268 g/mol. The summed E-state index contributed by atoms with van der Waals surface area (Å²) < 4.78 is 27.8. The van der Waals surface area contributed by atoms with Crippen molar-refractivity contribution in [2.24, 2.45) is 7.05 Å². The number of benzene rings is 1. The van der Waals surface area contributed by atoms with Crippen LogP contribution in [0.4, 0.5) is 0 Å². The zero-order chi connectivity index (χ0) is 13.2. The Kier molecular flexibility index (Phi) is 3.30. The van der Waals surface area contributed by atoms with E-state index in [1.165, 1.54) is 24.5 Å². The van der Waals surface area contributed by atoms with Gasteiger partial charge in [-0.05, 0) is 12.1 Å². The number of hydrogen-bond donors (Lipinski definition) is 2. The predicted molar refractivity (Wildman–Crippen MR) is 63.1 cm³/mol. The first-order chi connectivity index (χ1) is 8.50. The van der Waals surface area contributed by atoms with Crippen molar-refractivity contribution in [3.05, 3.63) is 36.4 Å². The molecule has 1 aromatic carbocycles. The summed E-state index contributed by atoms with van der Waals surface area (Å²) in [4.78, 5) is -0.160. The number of para-hydroxylation sites is 1. The van der Waals surface area contributed by atoms with E-state index in [0.29, 0.717) is 5.82 Å². The molecule has 0 atom stereocenters. The summed E-state index contributed by atoms with van der Waals surface area (Å²) >= 11 is 0. The molecule has 0 saturated carbocycles. The Labute approximate surface area is 104 Å². The summed E-state index contributed by atoms with van der Waals surface area (Å²) in [6.45, 7) is 0.00711. The highest BCUT2D eigenvalue weighted by Gasteiger charge is 2.18. The molecule has 0 radical (unpaired) electrons. The van der Waals surface area contributed by atoms with E-state index in [0.717, 1.165) is 0 Å². The number of nitrogens with one attached hydrogen (secondary N) is 1. The maximum atomic E-state index is 11.9. The third kappa shape index (κ3) is 2.49. The molecule has 18 heavy (non-hydrogen) atoms. The normalized spacial score (nSPS) is 11.6. The van der Waals surface area contributed by atoms with Crippen molar-refractivity contribution < 1.29 is 13.5 Å². The minimum absolute atomic E-state index is 0.00711. The number of rotatable bonds is 4. The van der Waals surface area contributed by atoms with E-state index in [4.69, 9.17) is 0 Å². The Balaban J connectivity index is 2.19. The molecule has 0 unspecified atom stereocenters. The highest BCUT2D eigenvalue weighted by atomic mass is 32.2. The molecule has 1 aromatic heterocycles. The van der Waals surface area contributed by atoms with E-state index < -0.39 is 10.0 Å².